The van der Waals surface area contributed by atoms with Crippen molar-refractivity contribution in [2.75, 3.05) is 6.61 Å². The van der Waals surface area contributed by atoms with Crippen LogP contribution in [-0.2, 0) is 19.6 Å². The van der Waals surface area contributed by atoms with Gasteiger partial charge in [-0.3, -0.25) is 4.79 Å². The molecule has 1 aromatic rings. The zero-order valence-corrected chi connectivity index (χ0v) is 15.7. The predicted molar refractivity (Wildman–Crippen MR) is 93.5 cm³/mol. The van der Waals surface area contributed by atoms with E-state index in [4.69, 9.17) is 16.3 Å². The van der Waals surface area contributed by atoms with Crippen LogP contribution < -0.4 is 10.0 Å². The third-order valence-electron chi connectivity index (χ3n) is 3.84. The van der Waals surface area contributed by atoms with Crippen molar-refractivity contribution in [1.29, 1.82) is 0 Å². The van der Waals surface area contributed by atoms with Crippen molar-refractivity contribution in [2.24, 2.45) is 5.92 Å². The number of nitrogens with one attached hydrogen (secondary N) is 2. The number of carbonyl (C=O) groups excluding carboxylic acids is 1. The Balaban J connectivity index is 2.16. The van der Waals surface area contributed by atoms with Crippen molar-refractivity contribution >= 4 is 27.5 Å². The Labute approximate surface area is 152 Å². The van der Waals surface area contributed by atoms with Crippen LogP contribution in [0.4, 0.5) is 0 Å². The fourth-order valence-electron chi connectivity index (χ4n) is 2.59. The van der Waals surface area contributed by atoms with Gasteiger partial charge in [-0.1, -0.05) is 37.6 Å². The zero-order chi connectivity index (χ0) is 18.6. The Morgan fingerprint density at radius 3 is 2.64 bits per heavy atom. The highest BCUT2D eigenvalue weighted by atomic mass is 35.5. The Kier molecular flexibility index (Phi) is 6.81. The largest absolute Gasteiger partial charge is 0.366 e. The highest BCUT2D eigenvalue weighted by molar-refractivity contribution is 7.89. The van der Waals surface area contributed by atoms with E-state index in [9.17, 15) is 18.3 Å². The highest BCUT2D eigenvalue weighted by Gasteiger charge is 2.32. The SMILES string of the molecule is CC(C)CC(NS(=O)(=O)c1ccccc1Cl)C(=O)NC1CCOC1O. The van der Waals surface area contributed by atoms with E-state index in [1.807, 2.05) is 13.8 Å². The van der Waals surface area contributed by atoms with Gasteiger partial charge >= 0.3 is 0 Å². The van der Waals surface area contributed by atoms with Crippen LogP contribution in [0.3, 0.4) is 0 Å². The molecule has 3 atom stereocenters. The molecule has 1 aromatic carbocycles. The van der Waals surface area contributed by atoms with Gasteiger partial charge in [0, 0.05) is 0 Å². The summed E-state index contributed by atoms with van der Waals surface area (Å²) in [7, 11) is -3.96. The number of rotatable bonds is 7. The maximum Gasteiger partial charge on any atom is 0.242 e. The summed E-state index contributed by atoms with van der Waals surface area (Å²) >= 11 is 5.96. The van der Waals surface area contributed by atoms with Crippen LogP contribution in [0.25, 0.3) is 0 Å². The summed E-state index contributed by atoms with van der Waals surface area (Å²) in [6.45, 7) is 4.11. The first-order valence-corrected chi connectivity index (χ1v) is 9.93. The number of amides is 1. The molecule has 0 saturated carbocycles. The van der Waals surface area contributed by atoms with Crippen LogP contribution in [0, 0.1) is 5.92 Å². The lowest BCUT2D eigenvalue weighted by Gasteiger charge is -2.23. The standard InChI is InChI=1S/C16H23ClN2O5S/c1-10(2)9-13(15(20)18-12-7-8-24-16(12)21)19-25(22,23)14-6-4-3-5-11(14)17/h3-6,10,12-13,16,19,21H,7-9H2,1-2H3,(H,18,20). The summed E-state index contributed by atoms with van der Waals surface area (Å²) < 4.78 is 32.6. The first kappa shape index (κ1) is 20.1. The fourth-order valence-corrected chi connectivity index (χ4v) is 4.32. The number of benzene rings is 1. The van der Waals surface area contributed by atoms with Crippen molar-refractivity contribution < 1.29 is 23.1 Å². The van der Waals surface area contributed by atoms with Crippen LogP contribution in [0.2, 0.25) is 5.02 Å². The average Bonchev–Trinajstić information content (AvgIpc) is 2.91. The van der Waals surface area contributed by atoms with E-state index in [0.29, 0.717) is 19.4 Å². The lowest BCUT2D eigenvalue weighted by atomic mass is 10.0. The second-order valence-corrected chi connectivity index (χ2v) is 8.49. The third-order valence-corrected chi connectivity index (χ3v) is 5.81. The molecule has 25 heavy (non-hydrogen) atoms. The normalized spacial score (nSPS) is 22.1. The third kappa shape index (κ3) is 5.39. The predicted octanol–water partition coefficient (Wildman–Crippen LogP) is 1.26. The number of sulfonamides is 1. The van der Waals surface area contributed by atoms with Gasteiger partial charge in [0.1, 0.15) is 10.9 Å². The number of halogens is 1. The van der Waals surface area contributed by atoms with E-state index >= 15 is 0 Å². The molecule has 2 rings (SSSR count). The molecule has 0 spiro atoms. The van der Waals surface area contributed by atoms with Crippen LogP contribution in [0.15, 0.2) is 29.2 Å². The van der Waals surface area contributed by atoms with E-state index in [2.05, 4.69) is 10.0 Å². The monoisotopic (exact) mass is 390 g/mol. The maximum atomic E-state index is 12.6. The molecule has 1 fully saturated rings. The van der Waals surface area contributed by atoms with E-state index in [0.717, 1.165) is 0 Å². The maximum absolute atomic E-state index is 12.6. The second kappa shape index (κ2) is 8.46. The number of carbonyl (C=O) groups is 1. The van der Waals surface area contributed by atoms with Gasteiger partial charge in [0.05, 0.1) is 17.7 Å². The molecule has 1 aliphatic rings. The summed E-state index contributed by atoms with van der Waals surface area (Å²) in [6, 6.07) is 4.51. The number of hydrogen-bond acceptors (Lipinski definition) is 5. The van der Waals surface area contributed by atoms with E-state index in [-0.39, 0.29) is 15.8 Å². The molecule has 7 nitrogen and oxygen atoms in total. The number of hydrogen-bond donors (Lipinski definition) is 3. The van der Waals surface area contributed by atoms with Gasteiger partial charge in [0.15, 0.2) is 6.29 Å². The molecular weight excluding hydrogens is 368 g/mol. The molecule has 0 radical (unpaired) electrons. The van der Waals surface area contributed by atoms with Crippen molar-refractivity contribution in [2.45, 2.75) is 50.0 Å². The Hall–Kier alpha value is -1.19. The van der Waals surface area contributed by atoms with Gasteiger partial charge in [-0.25, -0.2) is 8.42 Å². The topological polar surface area (TPSA) is 105 Å². The van der Waals surface area contributed by atoms with Gasteiger partial charge in [0.25, 0.3) is 0 Å². The molecule has 1 amide bonds. The summed E-state index contributed by atoms with van der Waals surface area (Å²) in [5.74, 6) is -0.423. The summed E-state index contributed by atoms with van der Waals surface area (Å²) in [5, 5.41) is 12.4. The van der Waals surface area contributed by atoms with Crippen molar-refractivity contribution in [3.8, 4) is 0 Å². The van der Waals surface area contributed by atoms with Gasteiger partial charge in [-0.05, 0) is 30.9 Å². The number of ether oxygens (including phenoxy) is 1. The molecule has 9 heteroatoms. The van der Waals surface area contributed by atoms with Crippen molar-refractivity contribution in [3.05, 3.63) is 29.3 Å². The van der Waals surface area contributed by atoms with E-state index < -0.39 is 34.3 Å². The molecule has 0 aromatic heterocycles. The Morgan fingerprint density at radius 1 is 1.40 bits per heavy atom. The summed E-state index contributed by atoms with van der Waals surface area (Å²) in [6.07, 6.45) is -0.304. The van der Waals surface area contributed by atoms with Gasteiger partial charge < -0.3 is 15.2 Å². The lowest BCUT2D eigenvalue weighted by molar-refractivity contribution is -0.127. The molecule has 0 bridgehead atoms. The number of aliphatic hydroxyl groups is 1. The first-order valence-electron chi connectivity index (χ1n) is 8.07. The van der Waals surface area contributed by atoms with Crippen LogP contribution in [-0.4, -0.2) is 44.4 Å². The molecule has 3 N–H and O–H groups in total. The molecule has 1 saturated heterocycles. The zero-order valence-electron chi connectivity index (χ0n) is 14.1. The minimum Gasteiger partial charge on any atom is -0.366 e. The lowest BCUT2D eigenvalue weighted by Crippen LogP contribution is -2.51. The highest BCUT2D eigenvalue weighted by Crippen LogP contribution is 2.21. The molecule has 1 heterocycles. The number of aliphatic hydroxyl groups excluding tert-OH is 1. The molecule has 140 valence electrons. The van der Waals surface area contributed by atoms with E-state index in [1.165, 1.54) is 12.1 Å². The average molecular weight is 391 g/mol. The quantitative estimate of drug-likeness (QED) is 0.650. The molecule has 1 aliphatic heterocycles. The van der Waals surface area contributed by atoms with Gasteiger partial charge in [0.2, 0.25) is 15.9 Å². The van der Waals surface area contributed by atoms with Crippen LogP contribution in [0.5, 0.6) is 0 Å². The van der Waals surface area contributed by atoms with Crippen LogP contribution in [0.1, 0.15) is 26.7 Å². The van der Waals surface area contributed by atoms with Crippen molar-refractivity contribution in [3.63, 3.8) is 0 Å². The molecular formula is C16H23ClN2O5S. The van der Waals surface area contributed by atoms with Gasteiger partial charge in [-0.15, -0.1) is 0 Å². The van der Waals surface area contributed by atoms with Crippen molar-refractivity contribution in [1.82, 2.24) is 10.0 Å². The Bertz CT molecular complexity index is 710. The molecule has 3 unspecified atom stereocenters. The summed E-state index contributed by atoms with van der Waals surface area (Å²) in [5.41, 5.74) is 0. The fraction of sp³-hybridized carbons (Fsp3) is 0.562. The first-order chi connectivity index (χ1) is 11.7. The minimum absolute atomic E-state index is 0.0782. The minimum atomic E-state index is -3.96. The Morgan fingerprint density at radius 2 is 2.08 bits per heavy atom. The van der Waals surface area contributed by atoms with Gasteiger partial charge in [-0.2, -0.15) is 4.72 Å². The molecule has 0 aliphatic carbocycles. The second-order valence-electron chi connectivity index (χ2n) is 6.40. The van der Waals surface area contributed by atoms with Crippen LogP contribution >= 0.6 is 11.6 Å². The summed E-state index contributed by atoms with van der Waals surface area (Å²) in [4.78, 5) is 12.5. The van der Waals surface area contributed by atoms with E-state index in [1.54, 1.807) is 12.1 Å². The smallest absolute Gasteiger partial charge is 0.242 e.